The van der Waals surface area contributed by atoms with Gasteiger partial charge < -0.3 is 10.6 Å². The van der Waals surface area contributed by atoms with Crippen LogP contribution in [-0.2, 0) is 11.8 Å². The van der Waals surface area contributed by atoms with E-state index in [4.69, 9.17) is 0 Å². The van der Waals surface area contributed by atoms with Crippen LogP contribution in [0.1, 0.15) is 25.0 Å². The minimum absolute atomic E-state index is 0.116. The van der Waals surface area contributed by atoms with Gasteiger partial charge in [0.1, 0.15) is 5.82 Å². The van der Waals surface area contributed by atoms with Crippen molar-refractivity contribution in [2.75, 3.05) is 18.4 Å². The van der Waals surface area contributed by atoms with Crippen LogP contribution in [0.4, 0.5) is 5.82 Å². The lowest BCUT2D eigenvalue weighted by Gasteiger charge is -2.23. The molecule has 1 saturated heterocycles. The fourth-order valence-electron chi connectivity index (χ4n) is 3.73. The monoisotopic (exact) mass is 288 g/mol. The quantitative estimate of drug-likeness (QED) is 0.767. The van der Waals surface area contributed by atoms with Gasteiger partial charge in [0, 0.05) is 13.0 Å². The molecule has 7 heteroatoms. The van der Waals surface area contributed by atoms with Crippen LogP contribution in [0.25, 0.3) is 11.0 Å². The molecular formula is C14H20N6O. The Morgan fingerprint density at radius 1 is 1.43 bits per heavy atom. The lowest BCUT2D eigenvalue weighted by molar-refractivity contribution is -0.118. The molecule has 1 atom stereocenters. The number of piperidine rings is 1. The minimum Gasteiger partial charge on any atom is -0.317 e. The topological polar surface area (TPSA) is 87.6 Å². The number of H-pyrrole nitrogens is 1. The molecule has 0 aromatic carbocycles. The first-order valence-electron chi connectivity index (χ1n) is 7.50. The number of carbonyl (C=O) groups excluding carboxylic acids is 1. The van der Waals surface area contributed by atoms with Crippen molar-refractivity contribution in [3.63, 3.8) is 0 Å². The highest BCUT2D eigenvalue weighted by molar-refractivity contribution is 6.01. The van der Waals surface area contributed by atoms with E-state index in [1.807, 2.05) is 14.0 Å². The van der Waals surface area contributed by atoms with Gasteiger partial charge in [-0.1, -0.05) is 0 Å². The van der Waals surface area contributed by atoms with Crippen LogP contribution in [0, 0.1) is 18.3 Å². The first-order valence-corrected chi connectivity index (χ1v) is 7.50. The van der Waals surface area contributed by atoms with Crippen molar-refractivity contribution in [2.45, 2.75) is 26.2 Å². The highest BCUT2D eigenvalue weighted by atomic mass is 16.2. The van der Waals surface area contributed by atoms with Gasteiger partial charge in [-0.15, -0.1) is 0 Å². The van der Waals surface area contributed by atoms with Crippen molar-refractivity contribution in [3.05, 3.63) is 5.69 Å². The molecule has 3 heterocycles. The van der Waals surface area contributed by atoms with Gasteiger partial charge in [-0.2, -0.15) is 10.2 Å². The zero-order chi connectivity index (χ0) is 14.6. The van der Waals surface area contributed by atoms with E-state index in [2.05, 4.69) is 25.9 Å². The molecule has 4 rings (SSSR count). The summed E-state index contributed by atoms with van der Waals surface area (Å²) in [4.78, 5) is 12.5. The minimum atomic E-state index is 0.116. The molecular weight excluding hydrogens is 268 g/mol. The molecule has 2 fully saturated rings. The Labute approximate surface area is 122 Å². The maximum absolute atomic E-state index is 12.5. The molecule has 7 nitrogen and oxygen atoms in total. The van der Waals surface area contributed by atoms with Gasteiger partial charge in [0.05, 0.1) is 11.1 Å². The van der Waals surface area contributed by atoms with E-state index >= 15 is 0 Å². The van der Waals surface area contributed by atoms with Crippen LogP contribution in [0.15, 0.2) is 0 Å². The predicted molar refractivity (Wildman–Crippen MR) is 78.9 cm³/mol. The van der Waals surface area contributed by atoms with Crippen molar-refractivity contribution in [3.8, 4) is 0 Å². The van der Waals surface area contributed by atoms with E-state index in [0.29, 0.717) is 5.82 Å². The summed E-state index contributed by atoms with van der Waals surface area (Å²) >= 11 is 0. The average Bonchev–Trinajstić information content (AvgIpc) is 2.86. The molecule has 112 valence electrons. The number of nitrogens with one attached hydrogen (secondary N) is 3. The van der Waals surface area contributed by atoms with Crippen LogP contribution in [0.3, 0.4) is 0 Å². The number of carbonyl (C=O) groups is 1. The number of anilines is 1. The van der Waals surface area contributed by atoms with Gasteiger partial charge in [0.25, 0.3) is 0 Å². The Bertz CT molecular complexity index is 708. The number of amides is 1. The number of rotatable bonds is 2. The lowest BCUT2D eigenvalue weighted by atomic mass is 9.92. The van der Waals surface area contributed by atoms with Gasteiger partial charge in [-0.3, -0.25) is 9.89 Å². The van der Waals surface area contributed by atoms with E-state index in [1.54, 1.807) is 4.68 Å². The van der Waals surface area contributed by atoms with Gasteiger partial charge >= 0.3 is 0 Å². The lowest BCUT2D eigenvalue weighted by Crippen LogP contribution is -2.31. The first-order chi connectivity index (χ1) is 10.1. The Hall–Kier alpha value is -1.89. The van der Waals surface area contributed by atoms with Crippen LogP contribution in [0.2, 0.25) is 0 Å². The number of nitrogens with zero attached hydrogens (tertiary/aromatic N) is 3. The van der Waals surface area contributed by atoms with E-state index in [0.717, 1.165) is 49.1 Å². The number of aromatic amines is 1. The van der Waals surface area contributed by atoms with E-state index < -0.39 is 0 Å². The molecule has 1 saturated carbocycles. The molecule has 1 spiro atoms. The summed E-state index contributed by atoms with van der Waals surface area (Å²) in [6, 6.07) is 0. The van der Waals surface area contributed by atoms with Crippen molar-refractivity contribution in [2.24, 2.45) is 18.4 Å². The first kappa shape index (κ1) is 12.8. The van der Waals surface area contributed by atoms with Crippen molar-refractivity contribution >= 4 is 22.8 Å². The van der Waals surface area contributed by atoms with E-state index in [-0.39, 0.29) is 17.2 Å². The smallest absolute Gasteiger partial charge is 0.229 e. The maximum Gasteiger partial charge on any atom is 0.229 e. The van der Waals surface area contributed by atoms with E-state index in [1.165, 1.54) is 0 Å². The van der Waals surface area contributed by atoms with Gasteiger partial charge in [0.2, 0.25) is 5.91 Å². The van der Waals surface area contributed by atoms with Crippen molar-refractivity contribution < 1.29 is 4.79 Å². The van der Waals surface area contributed by atoms with Gasteiger partial charge in [-0.25, -0.2) is 4.68 Å². The normalized spacial score (nSPS) is 23.6. The average molecular weight is 288 g/mol. The summed E-state index contributed by atoms with van der Waals surface area (Å²) in [6.45, 7) is 3.98. The summed E-state index contributed by atoms with van der Waals surface area (Å²) < 4.78 is 1.72. The summed E-state index contributed by atoms with van der Waals surface area (Å²) in [5.74, 6) is 0.942. The fraction of sp³-hybridized carbons (Fsp3) is 0.643. The molecule has 0 bridgehead atoms. The number of aromatic nitrogens is 4. The third kappa shape index (κ3) is 1.87. The van der Waals surface area contributed by atoms with Crippen LogP contribution in [0.5, 0.6) is 0 Å². The summed E-state index contributed by atoms with van der Waals surface area (Å²) in [5, 5.41) is 18.8. The summed E-state index contributed by atoms with van der Waals surface area (Å²) in [7, 11) is 1.85. The SMILES string of the molecule is Cc1nn(C)c2n[nH]c(NC(=O)C3CC34CCNCC4)c12. The third-order valence-electron chi connectivity index (χ3n) is 5.07. The molecule has 1 aliphatic heterocycles. The zero-order valence-corrected chi connectivity index (χ0v) is 12.4. The number of hydrogen-bond donors (Lipinski definition) is 3. The molecule has 1 aliphatic carbocycles. The highest BCUT2D eigenvalue weighted by Crippen LogP contribution is 2.58. The Kier molecular flexibility index (Phi) is 2.63. The fourth-order valence-corrected chi connectivity index (χ4v) is 3.73. The van der Waals surface area contributed by atoms with Crippen LogP contribution >= 0.6 is 0 Å². The van der Waals surface area contributed by atoms with E-state index in [9.17, 15) is 4.79 Å². The highest BCUT2D eigenvalue weighted by Gasteiger charge is 2.57. The van der Waals surface area contributed by atoms with Gasteiger partial charge in [-0.05, 0) is 44.7 Å². The molecule has 1 amide bonds. The Morgan fingerprint density at radius 2 is 2.19 bits per heavy atom. The van der Waals surface area contributed by atoms with Crippen LogP contribution < -0.4 is 10.6 Å². The second-order valence-corrected chi connectivity index (χ2v) is 6.36. The standard InChI is InChI=1S/C14H20N6O/c1-8-10-11(17-18-12(10)20(2)19-8)16-13(21)9-7-14(9)3-5-15-6-4-14/h9,15H,3-7H2,1-2H3,(H2,16,17,18,21). The zero-order valence-electron chi connectivity index (χ0n) is 12.4. The molecule has 3 N–H and O–H groups in total. The Morgan fingerprint density at radius 3 is 2.95 bits per heavy atom. The molecule has 1 unspecified atom stereocenters. The molecule has 2 aliphatic rings. The molecule has 2 aromatic heterocycles. The van der Waals surface area contributed by atoms with Gasteiger partial charge in [0.15, 0.2) is 5.65 Å². The molecule has 0 radical (unpaired) electrons. The Balaban J connectivity index is 1.54. The summed E-state index contributed by atoms with van der Waals surface area (Å²) in [5.41, 5.74) is 1.90. The molecule has 2 aromatic rings. The second kappa shape index (κ2) is 4.30. The second-order valence-electron chi connectivity index (χ2n) is 6.36. The number of aryl methyl sites for hydroxylation is 2. The summed E-state index contributed by atoms with van der Waals surface area (Å²) in [6.07, 6.45) is 3.23. The van der Waals surface area contributed by atoms with Crippen LogP contribution in [-0.4, -0.2) is 39.0 Å². The van der Waals surface area contributed by atoms with Crippen molar-refractivity contribution in [1.29, 1.82) is 0 Å². The largest absolute Gasteiger partial charge is 0.317 e. The maximum atomic E-state index is 12.5. The predicted octanol–water partition coefficient (Wildman–Crippen LogP) is 0.933. The number of fused-ring (bicyclic) bond motifs is 1. The molecule has 21 heavy (non-hydrogen) atoms. The number of hydrogen-bond acceptors (Lipinski definition) is 4. The van der Waals surface area contributed by atoms with Crippen molar-refractivity contribution in [1.82, 2.24) is 25.3 Å². The third-order valence-corrected chi connectivity index (χ3v) is 5.07.